The number of anilines is 3. The molecule has 0 aliphatic carbocycles. The van der Waals surface area contributed by atoms with E-state index in [1.165, 1.54) is 11.8 Å². The van der Waals surface area contributed by atoms with Gasteiger partial charge in [-0.3, -0.25) is 0 Å². The van der Waals surface area contributed by atoms with Gasteiger partial charge in [0.2, 0.25) is 11.9 Å². The number of carbonyl (C=O) groups excluding carboxylic acids is 1. The third-order valence-electron chi connectivity index (χ3n) is 3.17. The summed E-state index contributed by atoms with van der Waals surface area (Å²) in [5.41, 5.74) is 7.82. The molecular weight excluding hydrogens is 294 g/mol. The van der Waals surface area contributed by atoms with E-state index in [4.69, 9.17) is 10.5 Å². The van der Waals surface area contributed by atoms with Crippen LogP contribution in [0.3, 0.4) is 0 Å². The summed E-state index contributed by atoms with van der Waals surface area (Å²) in [5, 5.41) is 7.35. The van der Waals surface area contributed by atoms with Crippen LogP contribution in [0, 0.1) is 0 Å². The van der Waals surface area contributed by atoms with Gasteiger partial charge in [0.15, 0.2) is 0 Å². The number of aromatic nitrogens is 3. The summed E-state index contributed by atoms with van der Waals surface area (Å²) in [5.74, 6) is 0.201. The van der Waals surface area contributed by atoms with Crippen molar-refractivity contribution in [2.75, 3.05) is 18.2 Å². The van der Waals surface area contributed by atoms with Crippen molar-refractivity contribution in [3.63, 3.8) is 0 Å². The van der Waals surface area contributed by atoms with Gasteiger partial charge in [-0.25, -0.2) is 4.79 Å². The molecule has 0 atom stereocenters. The van der Waals surface area contributed by atoms with Crippen LogP contribution in [0.5, 0.6) is 0 Å². The molecular formula is C16H15N5O2. The Kier molecular flexibility index (Phi) is 3.92. The van der Waals surface area contributed by atoms with Gasteiger partial charge in [0.1, 0.15) is 0 Å². The molecule has 0 saturated carbocycles. The van der Waals surface area contributed by atoms with Gasteiger partial charge < -0.3 is 15.8 Å². The maximum atomic E-state index is 11.6. The topological polar surface area (TPSA) is 95.1 Å². The van der Waals surface area contributed by atoms with E-state index in [9.17, 15) is 4.79 Å². The maximum absolute atomic E-state index is 11.6. The Morgan fingerprint density at radius 1 is 1.17 bits per heavy atom. The second-order valence-corrected chi connectivity index (χ2v) is 4.74. The molecule has 0 amide bonds. The minimum absolute atomic E-state index is 0.267. The highest BCUT2D eigenvalue weighted by Crippen LogP contribution is 2.18. The summed E-state index contributed by atoms with van der Waals surface area (Å²) in [6.45, 7) is 0. The number of esters is 1. The number of nitrogens with two attached hydrogens (primary N) is 1. The Morgan fingerprint density at radius 2 is 1.96 bits per heavy atom. The van der Waals surface area contributed by atoms with E-state index in [0.29, 0.717) is 17.2 Å². The predicted molar refractivity (Wildman–Crippen MR) is 86.8 cm³/mol. The number of hydrogen-bond donors (Lipinski definition) is 2. The molecule has 23 heavy (non-hydrogen) atoms. The number of para-hydroxylation sites is 1. The molecule has 116 valence electrons. The molecule has 0 fully saturated rings. The Balaban J connectivity index is 1.86. The number of nitrogens with zero attached hydrogens (tertiary/aromatic N) is 3. The van der Waals surface area contributed by atoms with Crippen LogP contribution in [0.4, 0.5) is 17.6 Å². The molecule has 7 nitrogen and oxygen atoms in total. The maximum Gasteiger partial charge on any atom is 0.337 e. The lowest BCUT2D eigenvalue weighted by Crippen LogP contribution is -2.02. The molecule has 0 aliphatic heterocycles. The van der Waals surface area contributed by atoms with E-state index in [1.807, 2.05) is 30.3 Å². The van der Waals surface area contributed by atoms with Crippen LogP contribution in [-0.2, 0) is 4.74 Å². The summed E-state index contributed by atoms with van der Waals surface area (Å²) < 4.78 is 6.23. The van der Waals surface area contributed by atoms with E-state index in [-0.39, 0.29) is 5.95 Å². The van der Waals surface area contributed by atoms with E-state index in [0.717, 1.165) is 5.69 Å². The minimum Gasteiger partial charge on any atom is -0.465 e. The lowest BCUT2D eigenvalue weighted by Gasteiger charge is -2.04. The Hall–Kier alpha value is -3.35. The molecule has 1 aromatic heterocycles. The van der Waals surface area contributed by atoms with E-state index >= 15 is 0 Å². The van der Waals surface area contributed by atoms with Gasteiger partial charge >= 0.3 is 5.97 Å². The van der Waals surface area contributed by atoms with Crippen LogP contribution in [0.15, 0.2) is 54.6 Å². The number of carbonyl (C=O) groups is 1. The van der Waals surface area contributed by atoms with Crippen molar-refractivity contribution in [3.05, 3.63) is 60.2 Å². The zero-order valence-corrected chi connectivity index (χ0v) is 12.4. The minimum atomic E-state index is -0.407. The first-order valence-electron chi connectivity index (χ1n) is 6.91. The van der Waals surface area contributed by atoms with Crippen molar-refractivity contribution in [3.8, 4) is 5.69 Å². The summed E-state index contributed by atoms with van der Waals surface area (Å²) in [6.07, 6.45) is 0. The van der Waals surface area contributed by atoms with Crippen LogP contribution < -0.4 is 11.1 Å². The molecule has 3 N–H and O–H groups in total. The molecule has 3 rings (SSSR count). The van der Waals surface area contributed by atoms with Gasteiger partial charge in [0, 0.05) is 5.69 Å². The highest BCUT2D eigenvalue weighted by Gasteiger charge is 2.10. The number of benzene rings is 2. The zero-order valence-electron chi connectivity index (χ0n) is 12.4. The van der Waals surface area contributed by atoms with Crippen molar-refractivity contribution in [1.82, 2.24) is 14.8 Å². The number of nitrogens with one attached hydrogen (secondary N) is 1. The van der Waals surface area contributed by atoms with Gasteiger partial charge in [-0.05, 0) is 30.3 Å². The zero-order chi connectivity index (χ0) is 16.2. The quantitative estimate of drug-likeness (QED) is 0.718. The normalized spacial score (nSPS) is 10.3. The fourth-order valence-corrected chi connectivity index (χ4v) is 2.11. The molecule has 3 aromatic rings. The van der Waals surface area contributed by atoms with Crippen LogP contribution in [0.1, 0.15) is 10.4 Å². The first-order valence-corrected chi connectivity index (χ1v) is 6.91. The van der Waals surface area contributed by atoms with Gasteiger partial charge in [-0.1, -0.05) is 24.3 Å². The summed E-state index contributed by atoms with van der Waals surface area (Å²) >= 11 is 0. The molecule has 0 spiro atoms. The molecule has 0 saturated heterocycles. The number of ether oxygens (including phenoxy) is 1. The van der Waals surface area contributed by atoms with Crippen molar-refractivity contribution in [2.45, 2.75) is 0 Å². The molecule has 1 heterocycles. The summed E-state index contributed by atoms with van der Waals surface area (Å²) in [6, 6.07) is 16.3. The van der Waals surface area contributed by atoms with Crippen LogP contribution >= 0.6 is 0 Å². The van der Waals surface area contributed by atoms with E-state index < -0.39 is 5.97 Å². The summed E-state index contributed by atoms with van der Waals surface area (Å²) in [7, 11) is 1.34. The molecule has 2 aromatic carbocycles. The SMILES string of the molecule is COC(=O)c1cccc(Nc2nc(N)n(-c3ccccc3)n2)c1. The highest BCUT2D eigenvalue weighted by molar-refractivity contribution is 5.90. The largest absolute Gasteiger partial charge is 0.465 e. The smallest absolute Gasteiger partial charge is 0.337 e. The van der Waals surface area contributed by atoms with Gasteiger partial charge in [-0.15, -0.1) is 5.10 Å². The lowest BCUT2D eigenvalue weighted by atomic mass is 10.2. The van der Waals surface area contributed by atoms with Crippen molar-refractivity contribution < 1.29 is 9.53 Å². The number of methoxy groups -OCH3 is 1. The Labute approximate surface area is 132 Å². The first-order chi connectivity index (χ1) is 11.2. The first kappa shape index (κ1) is 14.6. The Bertz CT molecular complexity index is 829. The van der Waals surface area contributed by atoms with Crippen LogP contribution in [-0.4, -0.2) is 27.8 Å². The molecule has 7 heteroatoms. The second kappa shape index (κ2) is 6.18. The Morgan fingerprint density at radius 3 is 2.70 bits per heavy atom. The number of rotatable bonds is 4. The monoisotopic (exact) mass is 309 g/mol. The van der Waals surface area contributed by atoms with Crippen molar-refractivity contribution in [2.24, 2.45) is 0 Å². The van der Waals surface area contributed by atoms with Gasteiger partial charge in [0.25, 0.3) is 0 Å². The van der Waals surface area contributed by atoms with Crippen LogP contribution in [0.25, 0.3) is 5.69 Å². The van der Waals surface area contributed by atoms with Gasteiger partial charge in [-0.2, -0.15) is 9.67 Å². The van der Waals surface area contributed by atoms with Gasteiger partial charge in [0.05, 0.1) is 18.4 Å². The average Bonchev–Trinajstić information content (AvgIpc) is 2.95. The third-order valence-corrected chi connectivity index (χ3v) is 3.17. The summed E-state index contributed by atoms with van der Waals surface area (Å²) in [4.78, 5) is 15.7. The van der Waals surface area contributed by atoms with Crippen LogP contribution in [0.2, 0.25) is 0 Å². The number of nitrogen functional groups attached to an aromatic ring is 1. The van der Waals surface area contributed by atoms with Crippen molar-refractivity contribution >= 4 is 23.6 Å². The standard InChI is InChI=1S/C16H15N5O2/c1-23-14(22)11-6-5-7-12(10-11)18-16-19-15(17)21(20-16)13-8-3-2-4-9-13/h2-10H,1H3,(H3,17,18,19,20). The number of hydrogen-bond acceptors (Lipinski definition) is 6. The third kappa shape index (κ3) is 3.13. The second-order valence-electron chi connectivity index (χ2n) is 4.74. The fourth-order valence-electron chi connectivity index (χ4n) is 2.11. The van der Waals surface area contributed by atoms with E-state index in [1.54, 1.807) is 24.3 Å². The van der Waals surface area contributed by atoms with Crippen molar-refractivity contribution in [1.29, 1.82) is 0 Å². The molecule has 0 radical (unpaired) electrons. The highest BCUT2D eigenvalue weighted by atomic mass is 16.5. The molecule has 0 aliphatic rings. The average molecular weight is 309 g/mol. The molecule has 0 bridgehead atoms. The fraction of sp³-hybridized carbons (Fsp3) is 0.0625. The molecule has 0 unspecified atom stereocenters. The predicted octanol–water partition coefficient (Wildman–Crippen LogP) is 2.38. The van der Waals surface area contributed by atoms with E-state index in [2.05, 4.69) is 15.4 Å². The lowest BCUT2D eigenvalue weighted by molar-refractivity contribution is 0.0601.